The second kappa shape index (κ2) is 8.11. The van der Waals surface area contributed by atoms with Gasteiger partial charge < -0.3 is 5.11 Å². The van der Waals surface area contributed by atoms with Gasteiger partial charge in [-0.15, -0.1) is 11.3 Å². The molecule has 1 aliphatic rings. The van der Waals surface area contributed by atoms with Gasteiger partial charge >= 0.3 is 0 Å². The third-order valence-electron chi connectivity index (χ3n) is 4.39. The third kappa shape index (κ3) is 4.36. The average Bonchev–Trinajstić information content (AvgIpc) is 3.27. The number of allylic oxidation sites excluding steroid dienone is 1. The third-order valence-corrected chi connectivity index (χ3v) is 5.07. The fraction of sp³-hybridized carbons (Fsp3) is 0.200. The van der Waals surface area contributed by atoms with Crippen LogP contribution >= 0.6 is 11.3 Å². The highest BCUT2D eigenvalue weighted by molar-refractivity contribution is 7.13. The number of hydrogen-bond acceptors (Lipinski definition) is 8. The van der Waals surface area contributed by atoms with Crippen molar-refractivity contribution in [3.8, 4) is 0 Å². The van der Waals surface area contributed by atoms with Crippen molar-refractivity contribution in [3.05, 3.63) is 69.1 Å². The molecule has 0 bridgehead atoms. The minimum absolute atomic E-state index is 0.0666. The van der Waals surface area contributed by atoms with E-state index >= 15 is 0 Å². The number of rotatable bonds is 5. The Bertz CT molecular complexity index is 1130. The topological polar surface area (TPSA) is 150 Å². The van der Waals surface area contributed by atoms with Gasteiger partial charge in [0, 0.05) is 40.9 Å². The zero-order chi connectivity index (χ0) is 22.9. The van der Waals surface area contributed by atoms with E-state index in [0.717, 1.165) is 17.4 Å². The number of nitro benzene ring substituents is 1. The first-order valence-electron chi connectivity index (χ1n) is 9.05. The van der Waals surface area contributed by atoms with Crippen LogP contribution in [0.4, 0.5) is 16.5 Å². The summed E-state index contributed by atoms with van der Waals surface area (Å²) in [5.74, 6) is -2.03. The highest BCUT2D eigenvalue weighted by Gasteiger charge is 2.39. The molecular formula is C20H19N5O5S. The fourth-order valence-corrected chi connectivity index (χ4v) is 3.23. The Balaban J connectivity index is 2.07. The van der Waals surface area contributed by atoms with Crippen LogP contribution in [0.2, 0.25) is 0 Å². The molecule has 1 aromatic heterocycles. The number of aliphatic hydroxyl groups excluding tert-OH is 1. The molecule has 1 aromatic carbocycles. The number of amidine groups is 1. The number of benzene rings is 1. The van der Waals surface area contributed by atoms with Crippen LogP contribution in [0.3, 0.4) is 0 Å². The van der Waals surface area contributed by atoms with E-state index in [1.165, 1.54) is 35.4 Å². The molecule has 0 fully saturated rings. The Kier molecular flexibility index (Phi) is 5.71. The number of nitrogens with zero attached hydrogens (tertiary/aromatic N) is 3. The predicted octanol–water partition coefficient (Wildman–Crippen LogP) is 3.80. The van der Waals surface area contributed by atoms with Gasteiger partial charge in [-0.25, -0.2) is 4.98 Å². The number of ketones is 1. The zero-order valence-corrected chi connectivity index (χ0v) is 17.7. The van der Waals surface area contributed by atoms with E-state index in [4.69, 9.17) is 5.41 Å². The molecule has 2 heterocycles. The summed E-state index contributed by atoms with van der Waals surface area (Å²) < 4.78 is 0. The average molecular weight is 441 g/mol. The highest BCUT2D eigenvalue weighted by Crippen LogP contribution is 2.35. The molecular weight excluding hydrogens is 422 g/mol. The summed E-state index contributed by atoms with van der Waals surface area (Å²) in [7, 11) is 0. The molecule has 3 rings (SSSR count). The maximum atomic E-state index is 12.8. The van der Waals surface area contributed by atoms with Crippen molar-refractivity contribution in [2.75, 3.05) is 10.2 Å². The van der Waals surface area contributed by atoms with E-state index in [-0.39, 0.29) is 39.4 Å². The van der Waals surface area contributed by atoms with E-state index in [2.05, 4.69) is 10.3 Å². The van der Waals surface area contributed by atoms with Gasteiger partial charge in [0.05, 0.1) is 10.6 Å². The second-order valence-corrected chi connectivity index (χ2v) is 8.51. The molecule has 1 amide bonds. The Morgan fingerprint density at radius 3 is 2.45 bits per heavy atom. The molecule has 0 radical (unpaired) electrons. The fourth-order valence-electron chi connectivity index (χ4n) is 2.70. The van der Waals surface area contributed by atoms with Crippen LogP contribution in [-0.4, -0.2) is 32.5 Å². The highest BCUT2D eigenvalue weighted by atomic mass is 32.1. The van der Waals surface area contributed by atoms with Gasteiger partial charge in [-0.1, -0.05) is 20.8 Å². The van der Waals surface area contributed by atoms with Gasteiger partial charge in [-0.3, -0.25) is 35.3 Å². The first-order chi connectivity index (χ1) is 14.5. The lowest BCUT2D eigenvalue weighted by atomic mass is 9.90. The second-order valence-electron chi connectivity index (χ2n) is 7.62. The van der Waals surface area contributed by atoms with Crippen LogP contribution in [0.25, 0.3) is 0 Å². The number of thiazole rings is 1. The van der Waals surface area contributed by atoms with Crippen molar-refractivity contribution in [1.29, 1.82) is 5.41 Å². The molecule has 2 aromatic rings. The summed E-state index contributed by atoms with van der Waals surface area (Å²) in [6.07, 6.45) is 2.65. The summed E-state index contributed by atoms with van der Waals surface area (Å²) in [4.78, 5) is 40.9. The molecule has 0 aliphatic carbocycles. The van der Waals surface area contributed by atoms with Crippen LogP contribution in [0, 0.1) is 20.9 Å². The van der Waals surface area contributed by atoms with Gasteiger partial charge in [0.2, 0.25) is 0 Å². The Hall–Kier alpha value is -3.86. The first-order valence-corrected chi connectivity index (χ1v) is 9.92. The minimum Gasteiger partial charge on any atom is -0.505 e. The number of aliphatic hydroxyl groups is 1. The van der Waals surface area contributed by atoms with Crippen molar-refractivity contribution in [2.45, 2.75) is 20.8 Å². The number of hydrogen-bond donors (Lipinski definition) is 3. The SMILES string of the molecule is CC(C)(C)C(=O)C=C1C(O)=C(C(=O)Nc2nccs2)C(=N)N1c1ccc([N+](=O)[O-])cc1. The lowest BCUT2D eigenvalue weighted by Gasteiger charge is -2.22. The van der Waals surface area contributed by atoms with Gasteiger partial charge in [-0.05, 0) is 12.1 Å². The number of carbonyl (C=O) groups excluding carboxylic acids is 2. The molecule has 10 nitrogen and oxygen atoms in total. The molecule has 31 heavy (non-hydrogen) atoms. The van der Waals surface area contributed by atoms with Crippen molar-refractivity contribution in [3.63, 3.8) is 0 Å². The molecule has 3 N–H and O–H groups in total. The number of carbonyl (C=O) groups is 2. The van der Waals surface area contributed by atoms with Crippen molar-refractivity contribution >= 4 is 45.4 Å². The molecule has 160 valence electrons. The van der Waals surface area contributed by atoms with E-state index in [1.807, 2.05) is 0 Å². The smallest absolute Gasteiger partial charge is 0.269 e. The zero-order valence-electron chi connectivity index (χ0n) is 16.9. The van der Waals surface area contributed by atoms with Crippen LogP contribution in [0.5, 0.6) is 0 Å². The summed E-state index contributed by atoms with van der Waals surface area (Å²) in [6, 6.07) is 5.21. The van der Waals surface area contributed by atoms with Crippen LogP contribution in [0.15, 0.2) is 58.9 Å². The molecule has 11 heteroatoms. The number of nitro groups is 1. The standard InChI is InChI=1S/C20H19N5O5S/c1-20(2,3)14(26)10-13-16(27)15(18(28)23-19-22-8-9-31-19)17(21)24(13)11-4-6-12(7-5-11)25(29)30/h4-10,21,27H,1-3H3,(H,22,23,28). The monoisotopic (exact) mass is 441 g/mol. The van der Waals surface area contributed by atoms with Crippen molar-refractivity contribution in [1.82, 2.24) is 4.98 Å². The number of amides is 1. The summed E-state index contributed by atoms with van der Waals surface area (Å²) in [5.41, 5.74) is -1.08. The molecule has 1 aliphatic heterocycles. The van der Waals surface area contributed by atoms with E-state index in [0.29, 0.717) is 0 Å². The maximum absolute atomic E-state index is 12.8. The van der Waals surface area contributed by atoms with Crippen LogP contribution in [0.1, 0.15) is 20.8 Å². The number of anilines is 2. The van der Waals surface area contributed by atoms with E-state index in [1.54, 1.807) is 26.2 Å². The van der Waals surface area contributed by atoms with E-state index < -0.39 is 22.0 Å². The largest absolute Gasteiger partial charge is 0.505 e. The number of aromatic nitrogens is 1. The molecule has 0 unspecified atom stereocenters. The van der Waals surface area contributed by atoms with Crippen LogP contribution in [-0.2, 0) is 9.59 Å². The minimum atomic E-state index is -0.775. The summed E-state index contributed by atoms with van der Waals surface area (Å²) >= 11 is 1.16. The first kappa shape index (κ1) is 21.8. The summed E-state index contributed by atoms with van der Waals surface area (Å²) in [6.45, 7) is 5.08. The van der Waals surface area contributed by atoms with Gasteiger partial charge in [0.15, 0.2) is 16.7 Å². The summed E-state index contributed by atoms with van der Waals surface area (Å²) in [5, 5.41) is 34.7. The van der Waals surface area contributed by atoms with Gasteiger partial charge in [0.1, 0.15) is 11.4 Å². The Morgan fingerprint density at radius 1 is 1.29 bits per heavy atom. The molecule has 0 saturated carbocycles. The lowest BCUT2D eigenvalue weighted by molar-refractivity contribution is -0.384. The van der Waals surface area contributed by atoms with Crippen LogP contribution < -0.4 is 10.2 Å². The Morgan fingerprint density at radius 2 is 1.94 bits per heavy atom. The normalized spacial score (nSPS) is 15.5. The number of non-ortho nitro benzene ring substituents is 1. The van der Waals surface area contributed by atoms with Gasteiger partial charge in [-0.2, -0.15) is 0 Å². The van der Waals surface area contributed by atoms with Crippen molar-refractivity contribution < 1.29 is 19.6 Å². The molecule has 0 spiro atoms. The van der Waals surface area contributed by atoms with Gasteiger partial charge in [0.25, 0.3) is 11.6 Å². The quantitative estimate of drug-likeness (QED) is 0.363. The number of nitrogens with one attached hydrogen (secondary N) is 2. The van der Waals surface area contributed by atoms with E-state index in [9.17, 15) is 24.8 Å². The molecule has 0 atom stereocenters. The molecule has 0 saturated heterocycles. The lowest BCUT2D eigenvalue weighted by Crippen LogP contribution is -2.29. The van der Waals surface area contributed by atoms with Crippen molar-refractivity contribution in [2.24, 2.45) is 5.41 Å². The predicted molar refractivity (Wildman–Crippen MR) is 116 cm³/mol. The Labute approximate surface area is 181 Å². The maximum Gasteiger partial charge on any atom is 0.269 e.